The Morgan fingerprint density at radius 1 is 0.315 bits per heavy atom. The minimum absolute atomic E-state index is 0.0339. The van der Waals surface area contributed by atoms with E-state index in [2.05, 4.69) is 173 Å². The summed E-state index contributed by atoms with van der Waals surface area (Å²) >= 11 is 0. The first kappa shape index (κ1) is 32.2. The van der Waals surface area contributed by atoms with E-state index in [1.807, 2.05) is 18.2 Å². The molecule has 54 heavy (non-hydrogen) atoms. The van der Waals surface area contributed by atoms with E-state index in [0.29, 0.717) is 17.5 Å². The maximum atomic E-state index is 5.23. The van der Waals surface area contributed by atoms with Gasteiger partial charge in [-0.25, -0.2) is 15.0 Å². The largest absolute Gasteiger partial charge is 0.208 e. The lowest BCUT2D eigenvalue weighted by molar-refractivity contribution is 0.299. The van der Waals surface area contributed by atoms with Crippen LogP contribution in [0.1, 0.15) is 38.8 Å². The fraction of sp³-hybridized carbons (Fsp3) is 0.118. The molecule has 0 fully saturated rings. The molecule has 0 bridgehead atoms. The molecule has 0 saturated heterocycles. The highest BCUT2D eigenvalue weighted by Crippen LogP contribution is 2.54. The molecule has 1 aliphatic rings. The van der Waals surface area contributed by atoms with Crippen molar-refractivity contribution in [2.24, 2.45) is 0 Å². The SMILES string of the molecule is CC1(C)c2ccccc2-c2ccc(-c3cccc(-c4nc(-c5ccccc5)nc(-c5cccc6c5ccc5c7ccccc7ccc65)n4)c3)cc2C1(C)C. The van der Waals surface area contributed by atoms with Crippen molar-refractivity contribution in [2.45, 2.75) is 38.5 Å². The highest BCUT2D eigenvalue weighted by Gasteiger charge is 2.45. The zero-order valence-electron chi connectivity index (χ0n) is 30.9. The predicted octanol–water partition coefficient (Wildman–Crippen LogP) is 13.2. The minimum atomic E-state index is -0.0745. The number of hydrogen-bond donors (Lipinski definition) is 0. The summed E-state index contributed by atoms with van der Waals surface area (Å²) in [4.78, 5) is 15.5. The summed E-state index contributed by atoms with van der Waals surface area (Å²) in [6, 6.07) is 58.7. The van der Waals surface area contributed by atoms with Crippen LogP contribution in [0.15, 0.2) is 164 Å². The summed E-state index contributed by atoms with van der Waals surface area (Å²) in [7, 11) is 0. The van der Waals surface area contributed by atoms with Gasteiger partial charge in [-0.05, 0) is 88.7 Å². The highest BCUT2D eigenvalue weighted by molar-refractivity contribution is 6.19. The molecule has 0 saturated carbocycles. The van der Waals surface area contributed by atoms with E-state index in [4.69, 9.17) is 15.0 Å². The zero-order valence-corrected chi connectivity index (χ0v) is 30.9. The molecule has 1 heterocycles. The Balaban J connectivity index is 1.13. The number of rotatable bonds is 4. The summed E-state index contributed by atoms with van der Waals surface area (Å²) < 4.78 is 0. The number of benzene rings is 8. The van der Waals surface area contributed by atoms with Crippen LogP contribution in [-0.4, -0.2) is 15.0 Å². The first-order valence-electron chi connectivity index (χ1n) is 18.8. The average molecular weight is 694 g/mol. The van der Waals surface area contributed by atoms with E-state index < -0.39 is 0 Å². The molecular formula is C51H39N3. The van der Waals surface area contributed by atoms with Gasteiger partial charge in [-0.3, -0.25) is 0 Å². The standard InChI is InChI=1S/C51H39N3/c1-50(2)45-23-11-10-20-42(45)43-27-25-35(31-46(43)51(50,3)4)34-17-12-18-36(30-34)48-52-47(33-15-6-5-7-16-33)53-49(54-48)44-22-13-21-38-40-26-24-32-14-8-9-19-37(32)39(40)28-29-41(38)44/h5-31H,1-4H3. The van der Waals surface area contributed by atoms with Crippen LogP contribution >= 0.6 is 0 Å². The van der Waals surface area contributed by atoms with Gasteiger partial charge in [-0.15, -0.1) is 0 Å². The third-order valence-corrected chi connectivity index (χ3v) is 12.3. The highest BCUT2D eigenvalue weighted by atomic mass is 15.0. The van der Waals surface area contributed by atoms with Crippen molar-refractivity contribution in [2.75, 3.05) is 0 Å². The zero-order chi connectivity index (χ0) is 36.6. The van der Waals surface area contributed by atoms with E-state index in [0.717, 1.165) is 27.6 Å². The fourth-order valence-electron chi connectivity index (χ4n) is 8.64. The van der Waals surface area contributed by atoms with Gasteiger partial charge in [-0.2, -0.15) is 0 Å². The smallest absolute Gasteiger partial charge is 0.164 e. The Morgan fingerprint density at radius 2 is 0.852 bits per heavy atom. The van der Waals surface area contributed by atoms with Crippen molar-refractivity contribution >= 4 is 32.3 Å². The van der Waals surface area contributed by atoms with Crippen molar-refractivity contribution in [1.29, 1.82) is 0 Å². The second-order valence-electron chi connectivity index (χ2n) is 15.7. The Kier molecular flexibility index (Phi) is 7.19. The molecule has 0 spiro atoms. The van der Waals surface area contributed by atoms with Crippen LogP contribution in [0.4, 0.5) is 0 Å². The first-order valence-corrected chi connectivity index (χ1v) is 18.8. The maximum absolute atomic E-state index is 5.23. The second-order valence-corrected chi connectivity index (χ2v) is 15.7. The Labute approximate surface area is 316 Å². The van der Waals surface area contributed by atoms with E-state index in [1.54, 1.807) is 0 Å². The molecule has 1 aliphatic carbocycles. The van der Waals surface area contributed by atoms with E-state index in [1.165, 1.54) is 54.7 Å². The second kappa shape index (κ2) is 12.0. The van der Waals surface area contributed by atoms with Crippen LogP contribution in [0.25, 0.3) is 88.7 Å². The summed E-state index contributed by atoms with van der Waals surface area (Å²) in [5, 5.41) is 7.26. The molecule has 3 nitrogen and oxygen atoms in total. The van der Waals surface area contributed by atoms with Gasteiger partial charge in [0.25, 0.3) is 0 Å². The number of nitrogens with zero attached hydrogens (tertiary/aromatic N) is 3. The third-order valence-electron chi connectivity index (χ3n) is 12.3. The van der Waals surface area contributed by atoms with Crippen LogP contribution in [0.5, 0.6) is 0 Å². The predicted molar refractivity (Wildman–Crippen MR) is 226 cm³/mol. The van der Waals surface area contributed by atoms with Crippen molar-refractivity contribution in [3.8, 4) is 56.4 Å². The molecule has 0 N–H and O–H groups in total. The summed E-state index contributed by atoms with van der Waals surface area (Å²) in [5.74, 6) is 1.96. The van der Waals surface area contributed by atoms with Gasteiger partial charge >= 0.3 is 0 Å². The lowest BCUT2D eigenvalue weighted by Gasteiger charge is -2.48. The van der Waals surface area contributed by atoms with Gasteiger partial charge in [0, 0.05) is 16.7 Å². The third kappa shape index (κ3) is 4.92. The van der Waals surface area contributed by atoms with Gasteiger partial charge < -0.3 is 0 Å². The minimum Gasteiger partial charge on any atom is -0.208 e. The van der Waals surface area contributed by atoms with Crippen molar-refractivity contribution < 1.29 is 0 Å². The topological polar surface area (TPSA) is 38.7 Å². The summed E-state index contributed by atoms with van der Waals surface area (Å²) in [6.07, 6.45) is 0. The van der Waals surface area contributed by atoms with E-state index in [9.17, 15) is 0 Å². The molecule has 0 radical (unpaired) electrons. The Morgan fingerprint density at radius 3 is 1.72 bits per heavy atom. The van der Waals surface area contributed by atoms with E-state index in [-0.39, 0.29) is 10.8 Å². The molecular weight excluding hydrogens is 655 g/mol. The molecule has 3 heteroatoms. The number of hydrogen-bond acceptors (Lipinski definition) is 3. The normalized spacial score (nSPS) is 14.2. The molecule has 9 aromatic rings. The molecule has 0 amide bonds. The number of fused-ring (bicyclic) bond motifs is 8. The van der Waals surface area contributed by atoms with Crippen LogP contribution in [-0.2, 0) is 10.8 Å². The monoisotopic (exact) mass is 693 g/mol. The van der Waals surface area contributed by atoms with Gasteiger partial charge in [0.1, 0.15) is 0 Å². The van der Waals surface area contributed by atoms with Crippen LogP contribution in [0, 0.1) is 0 Å². The van der Waals surface area contributed by atoms with Crippen molar-refractivity contribution in [3.05, 3.63) is 175 Å². The van der Waals surface area contributed by atoms with Gasteiger partial charge in [0.15, 0.2) is 17.5 Å². The molecule has 0 unspecified atom stereocenters. The van der Waals surface area contributed by atoms with Gasteiger partial charge in [0.2, 0.25) is 0 Å². The van der Waals surface area contributed by atoms with Crippen LogP contribution < -0.4 is 0 Å². The Bertz CT molecular complexity index is 2940. The molecule has 0 aliphatic heterocycles. The molecule has 258 valence electrons. The van der Waals surface area contributed by atoms with Crippen molar-refractivity contribution in [1.82, 2.24) is 15.0 Å². The number of aromatic nitrogens is 3. The molecule has 0 atom stereocenters. The molecule has 10 rings (SSSR count). The fourth-order valence-corrected chi connectivity index (χ4v) is 8.64. The average Bonchev–Trinajstić information content (AvgIpc) is 3.22. The van der Waals surface area contributed by atoms with Crippen LogP contribution in [0.2, 0.25) is 0 Å². The first-order chi connectivity index (χ1) is 26.3. The summed E-state index contributed by atoms with van der Waals surface area (Å²) in [5.41, 5.74) is 10.5. The quantitative estimate of drug-likeness (QED) is 0.172. The van der Waals surface area contributed by atoms with Gasteiger partial charge in [-0.1, -0.05) is 179 Å². The lowest BCUT2D eigenvalue weighted by Crippen LogP contribution is -2.43. The summed E-state index contributed by atoms with van der Waals surface area (Å²) in [6.45, 7) is 9.53. The molecule has 8 aromatic carbocycles. The van der Waals surface area contributed by atoms with E-state index >= 15 is 0 Å². The Hall–Kier alpha value is -6.45. The van der Waals surface area contributed by atoms with Crippen LogP contribution in [0.3, 0.4) is 0 Å². The van der Waals surface area contributed by atoms with Gasteiger partial charge in [0.05, 0.1) is 0 Å². The molecule has 1 aromatic heterocycles. The maximum Gasteiger partial charge on any atom is 0.164 e. The van der Waals surface area contributed by atoms with Crippen molar-refractivity contribution in [3.63, 3.8) is 0 Å². The lowest BCUT2D eigenvalue weighted by atomic mass is 9.55.